The van der Waals surface area contributed by atoms with E-state index in [0.717, 1.165) is 81.3 Å². The molecule has 8 heteroatoms. The van der Waals surface area contributed by atoms with Crippen LogP contribution in [0.5, 0.6) is 0 Å². The smallest absolute Gasteiger partial charge is 0.208 e. The minimum atomic E-state index is 0.475. The summed E-state index contributed by atoms with van der Waals surface area (Å²) in [6, 6.07) is 0.475. The van der Waals surface area contributed by atoms with Crippen molar-refractivity contribution >= 4 is 22.9 Å². The maximum atomic E-state index is 5.50. The van der Waals surface area contributed by atoms with E-state index in [9.17, 15) is 0 Å². The van der Waals surface area contributed by atoms with Gasteiger partial charge in [-0.3, -0.25) is 4.57 Å². The SMILES string of the molecule is C[C@@H]1CN(c2nc3c(N4CCOCC4)ncnc3n2CC2CC2)CCN1. The predicted molar refractivity (Wildman–Crippen MR) is 101 cm³/mol. The van der Waals surface area contributed by atoms with Gasteiger partial charge in [0.2, 0.25) is 5.95 Å². The van der Waals surface area contributed by atoms with Crippen molar-refractivity contribution in [1.82, 2.24) is 24.8 Å². The highest BCUT2D eigenvalue weighted by Gasteiger charge is 2.29. The second-order valence-corrected chi connectivity index (χ2v) is 7.74. The number of anilines is 2. The molecule has 1 aliphatic carbocycles. The summed E-state index contributed by atoms with van der Waals surface area (Å²) >= 11 is 0. The number of aromatic nitrogens is 4. The van der Waals surface area contributed by atoms with Gasteiger partial charge in [0.05, 0.1) is 13.2 Å². The number of nitrogens with one attached hydrogen (secondary N) is 1. The van der Waals surface area contributed by atoms with Gasteiger partial charge in [-0.2, -0.15) is 0 Å². The van der Waals surface area contributed by atoms with Crippen molar-refractivity contribution in [3.63, 3.8) is 0 Å². The normalized spacial score (nSPS) is 24.4. The highest BCUT2D eigenvalue weighted by atomic mass is 16.5. The summed E-state index contributed by atoms with van der Waals surface area (Å²) in [4.78, 5) is 19.0. The van der Waals surface area contributed by atoms with E-state index >= 15 is 0 Å². The highest BCUT2D eigenvalue weighted by Crippen LogP contribution is 2.35. The Morgan fingerprint density at radius 3 is 2.77 bits per heavy atom. The number of piperazine rings is 1. The second-order valence-electron chi connectivity index (χ2n) is 7.74. The Labute approximate surface area is 153 Å². The van der Waals surface area contributed by atoms with Gasteiger partial charge in [0.1, 0.15) is 6.33 Å². The molecule has 2 aromatic heterocycles. The number of fused-ring (bicyclic) bond motifs is 1. The number of morpholine rings is 1. The summed E-state index contributed by atoms with van der Waals surface area (Å²) in [6.07, 6.45) is 4.33. The van der Waals surface area contributed by atoms with Crippen LogP contribution in [0.15, 0.2) is 6.33 Å². The molecule has 1 N–H and O–H groups in total. The van der Waals surface area contributed by atoms with E-state index in [1.807, 2.05) is 0 Å². The van der Waals surface area contributed by atoms with Crippen molar-refractivity contribution in [3.05, 3.63) is 6.33 Å². The van der Waals surface area contributed by atoms with Gasteiger partial charge in [0, 0.05) is 45.3 Å². The van der Waals surface area contributed by atoms with Gasteiger partial charge >= 0.3 is 0 Å². The van der Waals surface area contributed by atoms with E-state index in [0.29, 0.717) is 6.04 Å². The van der Waals surface area contributed by atoms with E-state index in [1.165, 1.54) is 12.8 Å². The number of hydrogen-bond acceptors (Lipinski definition) is 7. The van der Waals surface area contributed by atoms with Crippen molar-refractivity contribution in [2.75, 3.05) is 55.7 Å². The third-order valence-corrected chi connectivity index (χ3v) is 5.59. The summed E-state index contributed by atoms with van der Waals surface area (Å²) in [5.74, 6) is 2.79. The van der Waals surface area contributed by atoms with Gasteiger partial charge in [0.15, 0.2) is 17.0 Å². The van der Waals surface area contributed by atoms with Crippen LogP contribution >= 0.6 is 0 Å². The van der Waals surface area contributed by atoms with Crippen molar-refractivity contribution in [3.8, 4) is 0 Å². The molecule has 2 saturated heterocycles. The highest BCUT2D eigenvalue weighted by molar-refractivity contribution is 5.86. The van der Waals surface area contributed by atoms with Crippen LogP contribution in [-0.4, -0.2) is 71.5 Å². The van der Waals surface area contributed by atoms with E-state index in [-0.39, 0.29) is 0 Å². The molecule has 5 rings (SSSR count). The van der Waals surface area contributed by atoms with Crippen LogP contribution in [-0.2, 0) is 11.3 Å². The Balaban J connectivity index is 1.58. The Kier molecular flexibility index (Phi) is 4.17. The van der Waals surface area contributed by atoms with E-state index < -0.39 is 0 Å². The first kappa shape index (κ1) is 16.3. The molecule has 0 spiro atoms. The third-order valence-electron chi connectivity index (χ3n) is 5.59. The number of nitrogens with zero attached hydrogens (tertiary/aromatic N) is 6. The molecule has 1 saturated carbocycles. The lowest BCUT2D eigenvalue weighted by molar-refractivity contribution is 0.122. The van der Waals surface area contributed by atoms with Gasteiger partial charge in [-0.15, -0.1) is 0 Å². The van der Waals surface area contributed by atoms with E-state index in [2.05, 4.69) is 36.6 Å². The molecular formula is C18H27N7O. The van der Waals surface area contributed by atoms with Crippen molar-refractivity contribution in [2.24, 2.45) is 5.92 Å². The fourth-order valence-electron chi connectivity index (χ4n) is 4.00. The van der Waals surface area contributed by atoms with Crippen LogP contribution in [0, 0.1) is 5.92 Å². The quantitative estimate of drug-likeness (QED) is 0.870. The Morgan fingerprint density at radius 1 is 1.15 bits per heavy atom. The van der Waals surface area contributed by atoms with Gasteiger partial charge < -0.3 is 19.9 Å². The average Bonchev–Trinajstić information content (AvgIpc) is 3.42. The Bertz CT molecular complexity index is 781. The summed E-state index contributed by atoms with van der Waals surface area (Å²) in [6.45, 7) is 9.43. The van der Waals surface area contributed by atoms with Crippen LogP contribution in [0.2, 0.25) is 0 Å². The number of ether oxygens (including phenoxy) is 1. The first-order chi connectivity index (χ1) is 12.8. The maximum absolute atomic E-state index is 5.50. The standard InChI is InChI=1S/C18H27N7O/c1-13-10-24(5-4-19-13)18-22-15-16(23-6-8-26-9-7-23)20-12-21-17(15)25(18)11-14-2-3-14/h12-14,19H,2-11H2,1H3/t13-/m1/s1. The van der Waals surface area contributed by atoms with E-state index in [4.69, 9.17) is 9.72 Å². The van der Waals surface area contributed by atoms with Gasteiger partial charge in [-0.05, 0) is 25.7 Å². The van der Waals surface area contributed by atoms with Gasteiger partial charge in [0.25, 0.3) is 0 Å². The lowest BCUT2D eigenvalue weighted by Gasteiger charge is -2.32. The molecule has 140 valence electrons. The molecule has 4 heterocycles. The summed E-state index contributed by atoms with van der Waals surface area (Å²) < 4.78 is 7.85. The van der Waals surface area contributed by atoms with Crippen LogP contribution in [0.1, 0.15) is 19.8 Å². The third kappa shape index (κ3) is 3.01. The molecule has 26 heavy (non-hydrogen) atoms. The number of hydrogen-bond donors (Lipinski definition) is 1. The summed E-state index contributed by atoms with van der Waals surface area (Å²) in [7, 11) is 0. The fourth-order valence-corrected chi connectivity index (χ4v) is 4.00. The number of imidazole rings is 1. The lowest BCUT2D eigenvalue weighted by Crippen LogP contribution is -2.50. The summed E-state index contributed by atoms with van der Waals surface area (Å²) in [5, 5.41) is 3.52. The lowest BCUT2D eigenvalue weighted by atomic mass is 10.2. The van der Waals surface area contributed by atoms with Gasteiger partial charge in [-0.1, -0.05) is 0 Å². The molecule has 0 unspecified atom stereocenters. The first-order valence-electron chi connectivity index (χ1n) is 9.82. The first-order valence-corrected chi connectivity index (χ1v) is 9.82. The molecule has 0 amide bonds. The topological polar surface area (TPSA) is 71.3 Å². The maximum Gasteiger partial charge on any atom is 0.208 e. The molecule has 3 aliphatic rings. The van der Waals surface area contributed by atoms with Crippen LogP contribution < -0.4 is 15.1 Å². The number of rotatable bonds is 4. The van der Waals surface area contributed by atoms with Crippen LogP contribution in [0.25, 0.3) is 11.2 Å². The van der Waals surface area contributed by atoms with Crippen molar-refractivity contribution < 1.29 is 4.74 Å². The minimum absolute atomic E-state index is 0.475. The second kappa shape index (κ2) is 6.66. The fraction of sp³-hybridized carbons (Fsp3) is 0.722. The van der Waals surface area contributed by atoms with Crippen molar-refractivity contribution in [1.29, 1.82) is 0 Å². The Hall–Kier alpha value is -1.93. The molecule has 3 fully saturated rings. The average molecular weight is 357 g/mol. The summed E-state index contributed by atoms with van der Waals surface area (Å²) in [5.41, 5.74) is 1.92. The zero-order valence-electron chi connectivity index (χ0n) is 15.4. The zero-order chi connectivity index (χ0) is 17.5. The monoisotopic (exact) mass is 357 g/mol. The van der Waals surface area contributed by atoms with Crippen LogP contribution in [0.4, 0.5) is 11.8 Å². The van der Waals surface area contributed by atoms with E-state index in [1.54, 1.807) is 6.33 Å². The molecule has 0 aromatic carbocycles. The predicted octanol–water partition coefficient (Wildman–Crippen LogP) is 0.871. The van der Waals surface area contributed by atoms with Crippen LogP contribution in [0.3, 0.4) is 0 Å². The molecule has 1 atom stereocenters. The Morgan fingerprint density at radius 2 is 2.00 bits per heavy atom. The molecule has 2 aliphatic heterocycles. The zero-order valence-corrected chi connectivity index (χ0v) is 15.4. The molecule has 2 aromatic rings. The molecule has 0 radical (unpaired) electrons. The molecule has 8 nitrogen and oxygen atoms in total. The van der Waals surface area contributed by atoms with Crippen molar-refractivity contribution in [2.45, 2.75) is 32.4 Å². The van der Waals surface area contributed by atoms with Gasteiger partial charge in [-0.25, -0.2) is 15.0 Å². The minimum Gasteiger partial charge on any atom is -0.378 e. The molecular weight excluding hydrogens is 330 g/mol. The molecule has 0 bridgehead atoms. The largest absolute Gasteiger partial charge is 0.378 e.